The largest absolute Gasteiger partial charge is 0.357 e. The highest BCUT2D eigenvalue weighted by atomic mass is 127. The Morgan fingerprint density at radius 3 is 2.70 bits per heavy atom. The molecule has 6 heteroatoms. The minimum atomic E-state index is 0. The minimum Gasteiger partial charge on any atom is -0.357 e. The number of aliphatic imine (C=N–C) groups is 1. The van der Waals surface area contributed by atoms with Crippen LogP contribution < -0.4 is 10.6 Å². The molecular formula is C17H35IN4O. The second-order valence-electron chi connectivity index (χ2n) is 6.23. The van der Waals surface area contributed by atoms with Gasteiger partial charge in [0.05, 0.1) is 0 Å². The Balaban J connectivity index is 0.00000484. The van der Waals surface area contributed by atoms with Crippen molar-refractivity contribution in [1.82, 2.24) is 15.5 Å². The molecule has 23 heavy (non-hydrogen) atoms. The number of unbranched alkanes of at least 4 members (excludes halogenated alkanes) is 2. The molecule has 1 heterocycles. The fourth-order valence-corrected chi connectivity index (χ4v) is 2.76. The lowest BCUT2D eigenvalue weighted by molar-refractivity contribution is -0.132. The first kappa shape index (κ1) is 22.5. The van der Waals surface area contributed by atoms with Crippen molar-refractivity contribution in [3.05, 3.63) is 0 Å². The Hall–Kier alpha value is -0.530. The zero-order valence-electron chi connectivity index (χ0n) is 15.1. The quantitative estimate of drug-likeness (QED) is 0.265. The highest BCUT2D eigenvalue weighted by molar-refractivity contribution is 14.0. The maximum Gasteiger partial charge on any atom is 0.224 e. The molecule has 136 valence electrons. The smallest absolute Gasteiger partial charge is 0.224 e. The molecule has 5 nitrogen and oxygen atoms in total. The van der Waals surface area contributed by atoms with Gasteiger partial charge in [0.1, 0.15) is 0 Å². The van der Waals surface area contributed by atoms with E-state index in [1.165, 1.54) is 19.3 Å². The zero-order chi connectivity index (χ0) is 16.2. The van der Waals surface area contributed by atoms with Gasteiger partial charge in [0.25, 0.3) is 0 Å². The summed E-state index contributed by atoms with van der Waals surface area (Å²) in [6.45, 7) is 10.7. The van der Waals surface area contributed by atoms with Crippen molar-refractivity contribution in [2.24, 2.45) is 10.9 Å². The normalized spacial score (nSPS) is 18.3. The second-order valence-corrected chi connectivity index (χ2v) is 6.23. The van der Waals surface area contributed by atoms with E-state index in [0.29, 0.717) is 18.9 Å². The van der Waals surface area contributed by atoms with Gasteiger partial charge >= 0.3 is 0 Å². The number of nitrogens with zero attached hydrogens (tertiary/aromatic N) is 2. The molecule has 0 spiro atoms. The number of amides is 1. The maximum atomic E-state index is 12.2. The summed E-state index contributed by atoms with van der Waals surface area (Å²) in [5.41, 5.74) is 0. The lowest BCUT2D eigenvalue weighted by Gasteiger charge is -2.31. The van der Waals surface area contributed by atoms with Crippen LogP contribution in [0, 0.1) is 5.92 Å². The van der Waals surface area contributed by atoms with E-state index in [-0.39, 0.29) is 29.9 Å². The number of halogens is 1. The number of hydrogen-bond acceptors (Lipinski definition) is 2. The molecule has 0 aromatic rings. The van der Waals surface area contributed by atoms with Crippen molar-refractivity contribution < 1.29 is 4.79 Å². The highest BCUT2D eigenvalue weighted by Crippen LogP contribution is 2.15. The Morgan fingerprint density at radius 1 is 1.26 bits per heavy atom. The van der Waals surface area contributed by atoms with E-state index < -0.39 is 0 Å². The van der Waals surface area contributed by atoms with Gasteiger partial charge in [-0.05, 0) is 32.1 Å². The molecule has 2 N–H and O–H groups in total. The first-order valence-electron chi connectivity index (χ1n) is 8.97. The summed E-state index contributed by atoms with van der Waals surface area (Å²) in [4.78, 5) is 18.8. The van der Waals surface area contributed by atoms with E-state index in [0.717, 1.165) is 45.0 Å². The lowest BCUT2D eigenvalue weighted by atomic mass is 10.00. The standard InChI is InChI=1S/C17H34N4O.HI/c1-4-6-7-11-19-17(18-5-2)20-12-10-16(22)21-13-8-9-15(3)14-21;/h15H,4-14H2,1-3H3,(H2,18,19,20);1H. The van der Waals surface area contributed by atoms with Gasteiger partial charge in [0, 0.05) is 39.1 Å². The van der Waals surface area contributed by atoms with Gasteiger partial charge in [-0.2, -0.15) is 0 Å². The second kappa shape index (κ2) is 13.9. The summed E-state index contributed by atoms with van der Waals surface area (Å²) in [7, 11) is 0. The SMILES string of the molecule is CCCCCN=C(NCC)NCCC(=O)N1CCCC(C)C1.I. The van der Waals surface area contributed by atoms with Crippen molar-refractivity contribution in [2.75, 3.05) is 32.7 Å². The Morgan fingerprint density at radius 2 is 2.04 bits per heavy atom. The fraction of sp³-hybridized carbons (Fsp3) is 0.882. The van der Waals surface area contributed by atoms with Crippen molar-refractivity contribution >= 4 is 35.8 Å². The third kappa shape index (κ3) is 10.0. The highest BCUT2D eigenvalue weighted by Gasteiger charge is 2.20. The van der Waals surface area contributed by atoms with Crippen LogP contribution in [-0.2, 0) is 4.79 Å². The van der Waals surface area contributed by atoms with E-state index in [2.05, 4.69) is 36.4 Å². The average Bonchev–Trinajstić information content (AvgIpc) is 2.51. The van der Waals surface area contributed by atoms with Crippen LogP contribution >= 0.6 is 24.0 Å². The van der Waals surface area contributed by atoms with E-state index in [9.17, 15) is 4.79 Å². The summed E-state index contributed by atoms with van der Waals surface area (Å²) < 4.78 is 0. The van der Waals surface area contributed by atoms with E-state index in [1.54, 1.807) is 0 Å². The van der Waals surface area contributed by atoms with Crippen LogP contribution in [0.25, 0.3) is 0 Å². The van der Waals surface area contributed by atoms with Gasteiger partial charge in [-0.25, -0.2) is 0 Å². The summed E-state index contributed by atoms with van der Waals surface area (Å²) in [6.07, 6.45) is 6.49. The lowest BCUT2D eigenvalue weighted by Crippen LogP contribution is -2.42. The molecule has 0 bridgehead atoms. The molecule has 1 atom stereocenters. The third-order valence-corrected chi connectivity index (χ3v) is 4.02. The Labute approximate surface area is 159 Å². The van der Waals surface area contributed by atoms with Gasteiger partial charge in [0.2, 0.25) is 5.91 Å². The molecule has 1 amide bonds. The molecule has 1 aliphatic rings. The summed E-state index contributed by atoms with van der Waals surface area (Å²) in [5.74, 6) is 1.74. The Kier molecular flexibility index (Phi) is 13.5. The van der Waals surface area contributed by atoms with Gasteiger partial charge in [0.15, 0.2) is 5.96 Å². The number of rotatable bonds is 8. The average molecular weight is 438 g/mol. The van der Waals surface area contributed by atoms with Gasteiger partial charge in [-0.3, -0.25) is 9.79 Å². The van der Waals surface area contributed by atoms with Crippen molar-refractivity contribution in [1.29, 1.82) is 0 Å². The number of carbonyl (C=O) groups is 1. The number of carbonyl (C=O) groups excluding carboxylic acids is 1. The van der Waals surface area contributed by atoms with E-state index in [4.69, 9.17) is 0 Å². The summed E-state index contributed by atoms with van der Waals surface area (Å²) in [5, 5.41) is 6.50. The molecule has 0 saturated carbocycles. The first-order chi connectivity index (χ1) is 10.7. The van der Waals surface area contributed by atoms with E-state index in [1.807, 2.05) is 4.90 Å². The fourth-order valence-electron chi connectivity index (χ4n) is 2.76. The molecule has 0 radical (unpaired) electrons. The monoisotopic (exact) mass is 438 g/mol. The van der Waals surface area contributed by atoms with Crippen LogP contribution in [0.15, 0.2) is 4.99 Å². The number of likely N-dealkylation sites (tertiary alicyclic amines) is 1. The molecule has 1 saturated heterocycles. The van der Waals surface area contributed by atoms with Crippen LogP contribution in [0.4, 0.5) is 0 Å². The number of piperidine rings is 1. The number of nitrogens with one attached hydrogen (secondary N) is 2. The molecule has 1 unspecified atom stereocenters. The molecule has 0 aromatic carbocycles. The molecule has 1 aliphatic heterocycles. The molecule has 0 aromatic heterocycles. The molecule has 1 rings (SSSR count). The van der Waals surface area contributed by atoms with Gasteiger partial charge in [-0.1, -0.05) is 26.7 Å². The van der Waals surface area contributed by atoms with Crippen molar-refractivity contribution in [3.8, 4) is 0 Å². The van der Waals surface area contributed by atoms with Crippen LogP contribution in [0.5, 0.6) is 0 Å². The van der Waals surface area contributed by atoms with E-state index >= 15 is 0 Å². The van der Waals surface area contributed by atoms with Crippen molar-refractivity contribution in [2.45, 2.75) is 59.3 Å². The van der Waals surface area contributed by atoms with Crippen LogP contribution in [0.2, 0.25) is 0 Å². The maximum absolute atomic E-state index is 12.2. The molecular weight excluding hydrogens is 403 g/mol. The first-order valence-corrected chi connectivity index (χ1v) is 8.97. The minimum absolute atomic E-state index is 0. The molecule has 0 aliphatic carbocycles. The number of guanidine groups is 1. The van der Waals surface area contributed by atoms with Crippen LogP contribution in [0.3, 0.4) is 0 Å². The predicted octanol–water partition coefficient (Wildman–Crippen LogP) is 3.00. The zero-order valence-corrected chi connectivity index (χ0v) is 17.4. The van der Waals surface area contributed by atoms with Gasteiger partial charge < -0.3 is 15.5 Å². The third-order valence-electron chi connectivity index (χ3n) is 4.02. The summed E-state index contributed by atoms with van der Waals surface area (Å²) in [6, 6.07) is 0. The predicted molar refractivity (Wildman–Crippen MR) is 109 cm³/mol. The Bertz CT molecular complexity index is 349. The number of hydrogen-bond donors (Lipinski definition) is 2. The summed E-state index contributed by atoms with van der Waals surface area (Å²) >= 11 is 0. The topological polar surface area (TPSA) is 56.7 Å². The van der Waals surface area contributed by atoms with Crippen LogP contribution in [-0.4, -0.2) is 49.5 Å². The van der Waals surface area contributed by atoms with Crippen molar-refractivity contribution in [3.63, 3.8) is 0 Å². The van der Waals surface area contributed by atoms with Gasteiger partial charge in [-0.15, -0.1) is 24.0 Å². The van der Waals surface area contributed by atoms with Crippen LogP contribution in [0.1, 0.15) is 59.3 Å². The molecule has 1 fully saturated rings.